The monoisotopic (exact) mass is 222 g/mol. The third kappa shape index (κ3) is 6.53. The van der Waals surface area contributed by atoms with Gasteiger partial charge in [0, 0.05) is 18.5 Å². The number of alkyl halides is 1. The Morgan fingerprint density at radius 1 is 1.27 bits per heavy atom. The Morgan fingerprint density at radius 2 is 1.82 bits per heavy atom. The van der Waals surface area contributed by atoms with Crippen molar-refractivity contribution < 1.29 is 9.47 Å². The van der Waals surface area contributed by atoms with E-state index >= 15 is 0 Å². The first kappa shape index (κ1) is 11.1. The number of ether oxygens (including phenoxy) is 2. The van der Waals surface area contributed by atoms with Crippen molar-refractivity contribution in [3.8, 4) is 0 Å². The molecular weight excluding hydrogens is 208 g/mol. The van der Waals surface area contributed by atoms with Gasteiger partial charge in [-0.3, -0.25) is 0 Å². The van der Waals surface area contributed by atoms with Crippen LogP contribution in [0.3, 0.4) is 0 Å². The largest absolute Gasteiger partial charge is 0.349 e. The summed E-state index contributed by atoms with van der Waals surface area (Å²) in [5.41, 5.74) is 0. The van der Waals surface area contributed by atoms with Crippen molar-refractivity contribution in [3.63, 3.8) is 0 Å². The van der Waals surface area contributed by atoms with E-state index in [0.717, 1.165) is 5.33 Å². The van der Waals surface area contributed by atoms with Crippen LogP contribution in [0.15, 0.2) is 12.2 Å². The molecule has 3 heteroatoms. The molecule has 0 spiro atoms. The minimum absolute atomic E-state index is 0.178. The van der Waals surface area contributed by atoms with Gasteiger partial charge in [0.1, 0.15) is 0 Å². The molecule has 0 fully saturated rings. The second-order valence-electron chi connectivity index (χ2n) is 1.86. The zero-order valence-electron chi connectivity index (χ0n) is 7.05. The second-order valence-corrected chi connectivity index (χ2v) is 2.51. The van der Waals surface area contributed by atoms with Crippen LogP contribution in [0.4, 0.5) is 0 Å². The summed E-state index contributed by atoms with van der Waals surface area (Å²) >= 11 is 3.28. The number of rotatable bonds is 6. The number of hydrogen-bond acceptors (Lipinski definition) is 2. The van der Waals surface area contributed by atoms with E-state index in [-0.39, 0.29) is 6.29 Å². The highest BCUT2D eigenvalue weighted by Gasteiger charge is 2.00. The van der Waals surface area contributed by atoms with Crippen molar-refractivity contribution in [3.05, 3.63) is 12.2 Å². The second kappa shape index (κ2) is 8.24. The van der Waals surface area contributed by atoms with Crippen molar-refractivity contribution in [2.75, 3.05) is 18.5 Å². The molecule has 0 aromatic carbocycles. The zero-order valence-corrected chi connectivity index (χ0v) is 8.63. The van der Waals surface area contributed by atoms with Gasteiger partial charge in [-0.05, 0) is 19.9 Å². The molecule has 0 bridgehead atoms. The lowest BCUT2D eigenvalue weighted by Crippen LogP contribution is -2.14. The van der Waals surface area contributed by atoms with E-state index < -0.39 is 0 Å². The van der Waals surface area contributed by atoms with E-state index in [1.54, 1.807) is 0 Å². The van der Waals surface area contributed by atoms with E-state index in [1.807, 2.05) is 26.0 Å². The van der Waals surface area contributed by atoms with Gasteiger partial charge in [0.25, 0.3) is 0 Å². The van der Waals surface area contributed by atoms with Crippen molar-refractivity contribution in [1.29, 1.82) is 0 Å². The molecule has 0 saturated heterocycles. The fourth-order valence-electron chi connectivity index (χ4n) is 0.650. The molecule has 2 nitrogen and oxygen atoms in total. The molecule has 0 amide bonds. The highest BCUT2D eigenvalue weighted by molar-refractivity contribution is 9.09. The van der Waals surface area contributed by atoms with Crippen molar-refractivity contribution in [2.45, 2.75) is 20.1 Å². The van der Waals surface area contributed by atoms with Crippen LogP contribution in [0.1, 0.15) is 13.8 Å². The van der Waals surface area contributed by atoms with Gasteiger partial charge >= 0.3 is 0 Å². The van der Waals surface area contributed by atoms with Crippen molar-refractivity contribution >= 4 is 15.9 Å². The summed E-state index contributed by atoms with van der Waals surface area (Å²) in [6.07, 6.45) is 3.69. The molecule has 0 heterocycles. The molecule has 0 rings (SSSR count). The third-order valence-electron chi connectivity index (χ3n) is 1.04. The van der Waals surface area contributed by atoms with Crippen LogP contribution in [0.25, 0.3) is 0 Å². The van der Waals surface area contributed by atoms with Gasteiger partial charge in [0.2, 0.25) is 0 Å². The molecule has 0 radical (unpaired) electrons. The highest BCUT2D eigenvalue weighted by atomic mass is 79.9. The molecule has 0 aliphatic rings. The standard InChI is InChI=1S/C8H15BrO2/c1-3-10-8(11-4-2)6-5-7-9/h5-6,8H,3-4,7H2,1-2H3. The van der Waals surface area contributed by atoms with E-state index in [1.165, 1.54) is 0 Å². The van der Waals surface area contributed by atoms with E-state index in [2.05, 4.69) is 15.9 Å². The fraction of sp³-hybridized carbons (Fsp3) is 0.750. The van der Waals surface area contributed by atoms with Gasteiger partial charge in [0.15, 0.2) is 6.29 Å². The first-order valence-corrected chi connectivity index (χ1v) is 4.93. The van der Waals surface area contributed by atoms with Crippen LogP contribution in [0.5, 0.6) is 0 Å². The van der Waals surface area contributed by atoms with E-state index in [0.29, 0.717) is 13.2 Å². The minimum Gasteiger partial charge on any atom is -0.349 e. The van der Waals surface area contributed by atoms with E-state index in [9.17, 15) is 0 Å². The molecule has 0 aromatic rings. The Kier molecular flexibility index (Phi) is 8.34. The van der Waals surface area contributed by atoms with Crippen LogP contribution in [0.2, 0.25) is 0 Å². The molecular formula is C8H15BrO2. The summed E-state index contributed by atoms with van der Waals surface area (Å²) in [6.45, 7) is 5.26. The summed E-state index contributed by atoms with van der Waals surface area (Å²) in [6, 6.07) is 0. The Bertz CT molecular complexity index is 98.3. The summed E-state index contributed by atoms with van der Waals surface area (Å²) < 4.78 is 10.5. The Labute approximate surface area is 76.7 Å². The lowest BCUT2D eigenvalue weighted by Gasteiger charge is -2.11. The van der Waals surface area contributed by atoms with E-state index in [4.69, 9.17) is 9.47 Å². The maximum Gasteiger partial charge on any atom is 0.176 e. The molecule has 0 aliphatic heterocycles. The smallest absolute Gasteiger partial charge is 0.176 e. The molecule has 0 atom stereocenters. The van der Waals surface area contributed by atoms with Gasteiger partial charge < -0.3 is 9.47 Å². The van der Waals surface area contributed by atoms with Crippen LogP contribution < -0.4 is 0 Å². The first-order valence-electron chi connectivity index (χ1n) is 3.81. The number of allylic oxidation sites excluding steroid dienone is 1. The highest BCUT2D eigenvalue weighted by Crippen LogP contribution is 1.97. The summed E-state index contributed by atoms with van der Waals surface area (Å²) in [4.78, 5) is 0. The van der Waals surface area contributed by atoms with Crippen molar-refractivity contribution in [2.24, 2.45) is 0 Å². The SMILES string of the molecule is CCOC(C=CCBr)OCC. The Morgan fingerprint density at radius 3 is 2.18 bits per heavy atom. The number of hydrogen-bond donors (Lipinski definition) is 0. The summed E-state index contributed by atoms with van der Waals surface area (Å²) in [5, 5.41) is 0.837. The lowest BCUT2D eigenvalue weighted by atomic mass is 10.5. The lowest BCUT2D eigenvalue weighted by molar-refractivity contribution is -0.103. The Hall–Kier alpha value is 0.140. The maximum absolute atomic E-state index is 5.25. The first-order chi connectivity index (χ1) is 5.35. The Balaban J connectivity index is 3.58. The predicted molar refractivity (Wildman–Crippen MR) is 50.0 cm³/mol. The molecule has 66 valence electrons. The van der Waals surface area contributed by atoms with Gasteiger partial charge in [-0.1, -0.05) is 22.0 Å². The molecule has 0 saturated carbocycles. The summed E-state index contributed by atoms with van der Waals surface area (Å²) in [5.74, 6) is 0. The van der Waals surface area contributed by atoms with Crippen LogP contribution in [-0.2, 0) is 9.47 Å². The van der Waals surface area contributed by atoms with Crippen molar-refractivity contribution in [1.82, 2.24) is 0 Å². The predicted octanol–water partition coefficient (Wildman–Crippen LogP) is 2.34. The molecule has 0 aromatic heterocycles. The van der Waals surface area contributed by atoms with Gasteiger partial charge in [-0.15, -0.1) is 0 Å². The fourth-order valence-corrected chi connectivity index (χ4v) is 0.866. The van der Waals surface area contributed by atoms with Crippen LogP contribution in [-0.4, -0.2) is 24.8 Å². The minimum atomic E-state index is -0.178. The average molecular weight is 223 g/mol. The topological polar surface area (TPSA) is 18.5 Å². The van der Waals surface area contributed by atoms with Gasteiger partial charge in [-0.25, -0.2) is 0 Å². The zero-order chi connectivity index (χ0) is 8.53. The molecule has 0 aliphatic carbocycles. The summed E-state index contributed by atoms with van der Waals surface area (Å²) in [7, 11) is 0. The van der Waals surface area contributed by atoms with Gasteiger partial charge in [-0.2, -0.15) is 0 Å². The molecule has 0 N–H and O–H groups in total. The third-order valence-corrected chi connectivity index (χ3v) is 1.42. The van der Waals surface area contributed by atoms with Gasteiger partial charge in [0.05, 0.1) is 0 Å². The maximum atomic E-state index is 5.25. The average Bonchev–Trinajstić information content (AvgIpc) is 2.01. The normalized spacial score (nSPS) is 11.6. The molecule has 0 unspecified atom stereocenters. The van der Waals surface area contributed by atoms with Crippen LogP contribution >= 0.6 is 15.9 Å². The quantitative estimate of drug-likeness (QED) is 0.391. The number of halogens is 1. The van der Waals surface area contributed by atoms with Crippen LogP contribution in [0, 0.1) is 0 Å². The molecule has 11 heavy (non-hydrogen) atoms.